The highest BCUT2D eigenvalue weighted by Gasteiger charge is 2.16. The first-order chi connectivity index (χ1) is 23.3. The zero-order valence-electron chi connectivity index (χ0n) is 25.3. The zero-order chi connectivity index (χ0) is 30.9. The summed E-state index contributed by atoms with van der Waals surface area (Å²) < 4.78 is 6.47. The highest BCUT2D eigenvalue weighted by atomic mass is 16.3. The van der Waals surface area contributed by atoms with Crippen molar-refractivity contribution in [2.75, 3.05) is 0 Å². The van der Waals surface area contributed by atoms with Crippen molar-refractivity contribution < 1.29 is 4.42 Å². The number of hydrogen-bond donors (Lipinski definition) is 0. The monoisotopic (exact) mass is 598 g/mol. The van der Waals surface area contributed by atoms with Gasteiger partial charge in [0.25, 0.3) is 0 Å². The topological polar surface area (TPSA) is 38.9 Å². The highest BCUT2D eigenvalue weighted by Crippen LogP contribution is 2.39. The minimum Gasteiger partial charge on any atom is -0.435 e. The summed E-state index contributed by atoms with van der Waals surface area (Å²) in [5, 5.41) is 11.9. The lowest BCUT2D eigenvalue weighted by atomic mass is 9.92. The van der Waals surface area contributed by atoms with Crippen LogP contribution in [0.2, 0.25) is 0 Å². The first kappa shape index (κ1) is 26.0. The molecule has 0 aliphatic rings. The molecule has 2 heterocycles. The molecule has 0 N–H and O–H groups in total. The lowest BCUT2D eigenvalue weighted by Gasteiger charge is -2.13. The fourth-order valence-electron chi connectivity index (χ4n) is 7.22. The molecule has 2 aromatic heterocycles. The zero-order valence-corrected chi connectivity index (χ0v) is 25.3. The number of rotatable bonds is 3. The Morgan fingerprint density at radius 1 is 0.383 bits per heavy atom. The van der Waals surface area contributed by atoms with Crippen LogP contribution in [-0.2, 0) is 0 Å². The molecule has 0 atom stereocenters. The molecule has 10 aromatic rings. The van der Waals surface area contributed by atoms with Gasteiger partial charge < -0.3 is 4.42 Å². The number of benzene rings is 8. The Balaban J connectivity index is 1.16. The predicted octanol–water partition coefficient (Wildman–Crippen LogP) is 12.0. The quantitative estimate of drug-likeness (QED) is 0.190. The van der Waals surface area contributed by atoms with Gasteiger partial charge in [0, 0.05) is 22.1 Å². The first-order valence-electron chi connectivity index (χ1n) is 15.9. The van der Waals surface area contributed by atoms with Gasteiger partial charge in [-0.2, -0.15) is 0 Å². The van der Waals surface area contributed by atoms with E-state index in [0.29, 0.717) is 5.89 Å². The van der Waals surface area contributed by atoms with Crippen LogP contribution in [0.1, 0.15) is 0 Å². The van der Waals surface area contributed by atoms with Crippen LogP contribution in [-0.4, -0.2) is 9.97 Å². The number of nitrogens with zero attached hydrogens (tertiary/aromatic N) is 2. The Morgan fingerprint density at radius 3 is 1.96 bits per heavy atom. The van der Waals surface area contributed by atoms with Crippen LogP contribution in [0.5, 0.6) is 0 Å². The molecule has 47 heavy (non-hydrogen) atoms. The predicted molar refractivity (Wildman–Crippen MR) is 196 cm³/mol. The van der Waals surface area contributed by atoms with Crippen molar-refractivity contribution in [3.8, 4) is 34.0 Å². The molecule has 0 saturated carbocycles. The molecule has 0 radical (unpaired) electrons. The minimum atomic E-state index is 0.631. The molecule has 0 fully saturated rings. The molecule has 0 spiro atoms. The molecular weight excluding hydrogens is 572 g/mol. The number of aromatic nitrogens is 2. The van der Waals surface area contributed by atoms with Crippen molar-refractivity contribution in [3.63, 3.8) is 0 Å². The van der Waals surface area contributed by atoms with Crippen LogP contribution in [0.4, 0.5) is 0 Å². The molecule has 10 rings (SSSR count). The molecule has 8 aromatic carbocycles. The summed E-state index contributed by atoms with van der Waals surface area (Å²) >= 11 is 0. The average Bonchev–Trinajstić information content (AvgIpc) is 3.59. The van der Waals surface area contributed by atoms with Gasteiger partial charge in [-0.05, 0) is 90.9 Å². The molecule has 0 bridgehead atoms. The van der Waals surface area contributed by atoms with E-state index in [0.717, 1.165) is 60.7 Å². The van der Waals surface area contributed by atoms with Gasteiger partial charge in [0.2, 0.25) is 5.89 Å². The van der Waals surface area contributed by atoms with E-state index in [2.05, 4.69) is 121 Å². The first-order valence-corrected chi connectivity index (χ1v) is 15.9. The Bertz CT molecular complexity index is 2850. The van der Waals surface area contributed by atoms with Crippen molar-refractivity contribution in [2.24, 2.45) is 0 Å². The van der Waals surface area contributed by atoms with Crippen LogP contribution in [0.15, 0.2) is 162 Å². The lowest BCUT2D eigenvalue weighted by molar-refractivity contribution is 0.623. The summed E-state index contributed by atoms with van der Waals surface area (Å²) in [6.07, 6.45) is 0. The normalized spacial score (nSPS) is 11.8. The minimum absolute atomic E-state index is 0.631. The SMILES string of the molecule is c1ccc(-c2nc3ccc4ccc5ccc(-c6cccc(-c7cc8ccc9ccccc9c8c8ccccc78)n6)cc5c4c3o2)cc1. The third-order valence-electron chi connectivity index (χ3n) is 9.44. The molecule has 218 valence electrons. The van der Waals surface area contributed by atoms with Crippen molar-refractivity contribution in [1.29, 1.82) is 0 Å². The van der Waals surface area contributed by atoms with Gasteiger partial charge in [-0.25, -0.2) is 9.97 Å². The van der Waals surface area contributed by atoms with Gasteiger partial charge >= 0.3 is 0 Å². The standard InChI is InChI=1S/C44H26N2O/c1-2-10-30(11-3-1)44-46-40-24-23-29-20-17-28-18-21-31(25-36(28)42(29)43(40)47-44)38-15-8-16-39(45-38)37-26-32-22-19-27-9-4-5-12-33(27)41(32)35-14-7-6-13-34(35)37/h1-26H. The van der Waals surface area contributed by atoms with Crippen LogP contribution in [0.25, 0.3) is 98.9 Å². The Morgan fingerprint density at radius 2 is 1.06 bits per heavy atom. The summed E-state index contributed by atoms with van der Waals surface area (Å²) in [6, 6.07) is 55.6. The van der Waals surface area contributed by atoms with Crippen molar-refractivity contribution >= 4 is 65.0 Å². The third kappa shape index (κ3) is 4.07. The Kier molecular flexibility index (Phi) is 5.57. The summed E-state index contributed by atoms with van der Waals surface area (Å²) in [7, 11) is 0. The summed E-state index contributed by atoms with van der Waals surface area (Å²) in [5.74, 6) is 0.631. The van der Waals surface area contributed by atoms with Gasteiger partial charge in [-0.15, -0.1) is 0 Å². The van der Waals surface area contributed by atoms with Gasteiger partial charge in [0.05, 0.1) is 11.4 Å². The van der Waals surface area contributed by atoms with Crippen LogP contribution >= 0.6 is 0 Å². The lowest BCUT2D eigenvalue weighted by Crippen LogP contribution is -1.91. The molecule has 0 aliphatic heterocycles. The second-order valence-electron chi connectivity index (χ2n) is 12.2. The van der Waals surface area contributed by atoms with Crippen LogP contribution in [0, 0.1) is 0 Å². The van der Waals surface area contributed by atoms with E-state index in [1.165, 1.54) is 32.3 Å². The smallest absolute Gasteiger partial charge is 0.227 e. The van der Waals surface area contributed by atoms with Crippen molar-refractivity contribution in [1.82, 2.24) is 9.97 Å². The van der Waals surface area contributed by atoms with Gasteiger partial charge in [-0.3, -0.25) is 0 Å². The van der Waals surface area contributed by atoms with Crippen LogP contribution in [0.3, 0.4) is 0 Å². The maximum absolute atomic E-state index is 6.47. The molecule has 0 aliphatic carbocycles. The second kappa shape index (κ2) is 10.1. The van der Waals surface area contributed by atoms with Gasteiger partial charge in [0.1, 0.15) is 5.52 Å². The van der Waals surface area contributed by atoms with E-state index in [9.17, 15) is 0 Å². The largest absolute Gasteiger partial charge is 0.435 e. The van der Waals surface area contributed by atoms with Crippen LogP contribution < -0.4 is 0 Å². The average molecular weight is 599 g/mol. The van der Waals surface area contributed by atoms with Crippen molar-refractivity contribution in [2.45, 2.75) is 0 Å². The fourth-order valence-corrected chi connectivity index (χ4v) is 7.22. The highest BCUT2D eigenvalue weighted by molar-refractivity contribution is 6.23. The number of hydrogen-bond acceptors (Lipinski definition) is 3. The molecular formula is C44H26N2O. The second-order valence-corrected chi connectivity index (χ2v) is 12.2. The summed E-state index contributed by atoms with van der Waals surface area (Å²) in [6.45, 7) is 0. The maximum atomic E-state index is 6.47. The molecule has 3 heteroatoms. The maximum Gasteiger partial charge on any atom is 0.227 e. The van der Waals surface area contributed by atoms with E-state index in [1.807, 2.05) is 36.4 Å². The fraction of sp³-hybridized carbons (Fsp3) is 0. The van der Waals surface area contributed by atoms with E-state index in [1.54, 1.807) is 0 Å². The van der Waals surface area contributed by atoms with E-state index in [-0.39, 0.29) is 0 Å². The number of fused-ring (bicyclic) bond motifs is 10. The number of oxazole rings is 1. The Hall–Kier alpha value is -6.32. The third-order valence-corrected chi connectivity index (χ3v) is 9.44. The summed E-state index contributed by atoms with van der Waals surface area (Å²) in [5.41, 5.74) is 6.70. The molecule has 0 saturated heterocycles. The molecule has 0 unspecified atom stereocenters. The van der Waals surface area contributed by atoms with E-state index >= 15 is 0 Å². The van der Waals surface area contributed by atoms with Gasteiger partial charge in [-0.1, -0.05) is 115 Å². The summed E-state index contributed by atoms with van der Waals surface area (Å²) in [4.78, 5) is 10.1. The Labute approximate surface area is 270 Å². The van der Waals surface area contributed by atoms with Gasteiger partial charge in [0.15, 0.2) is 5.58 Å². The van der Waals surface area contributed by atoms with E-state index in [4.69, 9.17) is 14.4 Å². The molecule has 3 nitrogen and oxygen atoms in total. The number of pyridine rings is 1. The van der Waals surface area contributed by atoms with E-state index < -0.39 is 0 Å². The molecule has 0 amide bonds. The van der Waals surface area contributed by atoms with Crippen molar-refractivity contribution in [3.05, 3.63) is 158 Å².